The van der Waals surface area contributed by atoms with E-state index in [1.807, 2.05) is 24.3 Å². The summed E-state index contributed by atoms with van der Waals surface area (Å²) in [5.41, 5.74) is 1.42. The summed E-state index contributed by atoms with van der Waals surface area (Å²) in [4.78, 5) is 0. The van der Waals surface area contributed by atoms with Crippen molar-refractivity contribution in [2.75, 3.05) is 7.11 Å². The van der Waals surface area contributed by atoms with Crippen LogP contribution in [-0.2, 0) is 0 Å². The molecule has 0 atom stereocenters. The largest absolute Gasteiger partial charge is 0.497 e. The Kier molecular flexibility index (Phi) is 3.68. The number of hydrogen-bond donors (Lipinski definition) is 2. The highest BCUT2D eigenvalue weighted by Gasteiger charge is 1.99. The molecule has 1 aromatic carbocycles. The van der Waals surface area contributed by atoms with Crippen molar-refractivity contribution in [2.45, 2.75) is 13.2 Å². The van der Waals surface area contributed by atoms with E-state index in [-0.39, 0.29) is 0 Å². The van der Waals surface area contributed by atoms with E-state index in [1.165, 1.54) is 0 Å². The van der Waals surface area contributed by atoms with Gasteiger partial charge in [0.15, 0.2) is 6.29 Å². The summed E-state index contributed by atoms with van der Waals surface area (Å²) in [6, 6.07) is 7.35. The molecule has 14 heavy (non-hydrogen) atoms. The van der Waals surface area contributed by atoms with Gasteiger partial charge in [-0.05, 0) is 30.2 Å². The van der Waals surface area contributed by atoms with E-state index in [9.17, 15) is 0 Å². The second kappa shape index (κ2) is 4.79. The highest BCUT2D eigenvalue weighted by molar-refractivity contribution is 5.53. The summed E-state index contributed by atoms with van der Waals surface area (Å²) in [6.45, 7) is 1.66. The number of methoxy groups -OCH3 is 1. The lowest BCUT2D eigenvalue weighted by Crippen LogP contribution is -2.04. The van der Waals surface area contributed by atoms with Crippen molar-refractivity contribution in [3.8, 4) is 5.75 Å². The normalized spacial score (nSPS) is 11.9. The highest BCUT2D eigenvalue weighted by Crippen LogP contribution is 2.14. The molecule has 0 heterocycles. The Bertz CT molecular complexity index is 312. The first-order chi connectivity index (χ1) is 6.63. The smallest absolute Gasteiger partial charge is 0.174 e. The Morgan fingerprint density at radius 3 is 2.29 bits per heavy atom. The van der Waals surface area contributed by atoms with Crippen LogP contribution in [0.2, 0.25) is 0 Å². The lowest BCUT2D eigenvalue weighted by Gasteiger charge is -2.04. The van der Waals surface area contributed by atoms with Crippen LogP contribution in [0.4, 0.5) is 0 Å². The molecule has 0 spiro atoms. The van der Waals surface area contributed by atoms with Crippen molar-refractivity contribution >= 4 is 6.08 Å². The van der Waals surface area contributed by atoms with Gasteiger partial charge in [-0.2, -0.15) is 0 Å². The molecular formula is C11H14O3. The number of benzene rings is 1. The second-order valence-corrected chi connectivity index (χ2v) is 3.04. The van der Waals surface area contributed by atoms with Crippen LogP contribution in [0.25, 0.3) is 6.08 Å². The fourth-order valence-electron chi connectivity index (χ4n) is 1.04. The standard InChI is InChI=1S/C11H14O3/c1-8(11(12)13)7-9-3-5-10(14-2)6-4-9/h3-7,11-13H,1-2H3. The van der Waals surface area contributed by atoms with Crippen LogP contribution in [0.5, 0.6) is 5.75 Å². The van der Waals surface area contributed by atoms with Gasteiger partial charge in [0.2, 0.25) is 0 Å². The number of rotatable bonds is 3. The summed E-state index contributed by atoms with van der Waals surface area (Å²) < 4.78 is 5.00. The molecule has 0 radical (unpaired) electrons. The molecule has 0 aliphatic rings. The molecule has 0 bridgehead atoms. The van der Waals surface area contributed by atoms with Crippen LogP contribution in [0.3, 0.4) is 0 Å². The van der Waals surface area contributed by atoms with E-state index in [0.717, 1.165) is 11.3 Å². The third-order valence-electron chi connectivity index (χ3n) is 1.92. The molecule has 0 aliphatic carbocycles. The first-order valence-corrected chi connectivity index (χ1v) is 4.32. The van der Waals surface area contributed by atoms with Crippen molar-refractivity contribution < 1.29 is 14.9 Å². The second-order valence-electron chi connectivity index (χ2n) is 3.04. The highest BCUT2D eigenvalue weighted by atomic mass is 16.5. The van der Waals surface area contributed by atoms with Crippen LogP contribution in [0, 0.1) is 0 Å². The van der Waals surface area contributed by atoms with Crippen molar-refractivity contribution in [1.82, 2.24) is 0 Å². The molecule has 1 rings (SSSR count). The minimum absolute atomic E-state index is 0.509. The average Bonchev–Trinajstić information content (AvgIpc) is 2.19. The van der Waals surface area contributed by atoms with Gasteiger partial charge in [0.25, 0.3) is 0 Å². The lowest BCUT2D eigenvalue weighted by atomic mass is 10.1. The van der Waals surface area contributed by atoms with Gasteiger partial charge in [0, 0.05) is 0 Å². The van der Waals surface area contributed by atoms with Crippen molar-refractivity contribution in [2.24, 2.45) is 0 Å². The topological polar surface area (TPSA) is 49.7 Å². The van der Waals surface area contributed by atoms with Gasteiger partial charge in [-0.15, -0.1) is 0 Å². The Morgan fingerprint density at radius 1 is 1.29 bits per heavy atom. The maximum absolute atomic E-state index is 8.85. The van der Waals surface area contributed by atoms with Crippen molar-refractivity contribution in [3.63, 3.8) is 0 Å². The predicted molar refractivity (Wildman–Crippen MR) is 54.9 cm³/mol. The molecule has 3 heteroatoms. The monoisotopic (exact) mass is 194 g/mol. The van der Waals surface area contributed by atoms with Crippen LogP contribution in [0.15, 0.2) is 29.8 Å². The molecule has 1 aromatic rings. The first-order valence-electron chi connectivity index (χ1n) is 4.32. The quantitative estimate of drug-likeness (QED) is 0.715. The van der Waals surface area contributed by atoms with Gasteiger partial charge in [-0.25, -0.2) is 0 Å². The average molecular weight is 194 g/mol. The SMILES string of the molecule is COc1ccc(C=C(C)C(O)O)cc1. The molecule has 0 unspecified atom stereocenters. The molecule has 0 amide bonds. The third-order valence-corrected chi connectivity index (χ3v) is 1.92. The molecule has 3 nitrogen and oxygen atoms in total. The minimum atomic E-state index is -1.39. The summed E-state index contributed by atoms with van der Waals surface area (Å²) in [5.74, 6) is 0.782. The van der Waals surface area contributed by atoms with E-state index in [4.69, 9.17) is 14.9 Å². The van der Waals surface area contributed by atoms with Crippen LogP contribution < -0.4 is 4.74 Å². The fourth-order valence-corrected chi connectivity index (χ4v) is 1.04. The summed E-state index contributed by atoms with van der Waals surface area (Å²) in [7, 11) is 1.60. The van der Waals surface area contributed by atoms with Crippen molar-refractivity contribution in [3.05, 3.63) is 35.4 Å². The molecule has 0 saturated heterocycles. The number of ether oxygens (including phenoxy) is 1. The van der Waals surface area contributed by atoms with E-state index in [0.29, 0.717) is 5.57 Å². The van der Waals surface area contributed by atoms with Gasteiger partial charge in [-0.3, -0.25) is 0 Å². The summed E-state index contributed by atoms with van der Waals surface area (Å²) >= 11 is 0. The van der Waals surface area contributed by atoms with Crippen LogP contribution >= 0.6 is 0 Å². The summed E-state index contributed by atoms with van der Waals surface area (Å²) in [5, 5.41) is 17.7. The number of aliphatic hydroxyl groups is 2. The van der Waals surface area contributed by atoms with E-state index >= 15 is 0 Å². The van der Waals surface area contributed by atoms with E-state index in [1.54, 1.807) is 20.1 Å². The zero-order valence-corrected chi connectivity index (χ0v) is 8.27. The first kappa shape index (κ1) is 10.8. The molecule has 0 aromatic heterocycles. The Balaban J connectivity index is 2.83. The van der Waals surface area contributed by atoms with Gasteiger partial charge >= 0.3 is 0 Å². The Labute approximate surface area is 83.3 Å². The zero-order valence-electron chi connectivity index (χ0n) is 8.27. The molecular weight excluding hydrogens is 180 g/mol. The fraction of sp³-hybridized carbons (Fsp3) is 0.273. The van der Waals surface area contributed by atoms with Gasteiger partial charge in [0.1, 0.15) is 5.75 Å². The summed E-state index contributed by atoms with van der Waals surface area (Å²) in [6.07, 6.45) is 0.321. The lowest BCUT2D eigenvalue weighted by molar-refractivity contribution is -0.00677. The minimum Gasteiger partial charge on any atom is -0.497 e. The molecule has 0 fully saturated rings. The maximum Gasteiger partial charge on any atom is 0.174 e. The molecule has 0 aliphatic heterocycles. The van der Waals surface area contributed by atoms with Gasteiger partial charge in [0.05, 0.1) is 7.11 Å². The Hall–Kier alpha value is -1.32. The van der Waals surface area contributed by atoms with Gasteiger partial charge < -0.3 is 14.9 Å². The van der Waals surface area contributed by atoms with Gasteiger partial charge in [-0.1, -0.05) is 18.2 Å². The Morgan fingerprint density at radius 2 is 1.86 bits per heavy atom. The number of hydrogen-bond acceptors (Lipinski definition) is 3. The van der Waals surface area contributed by atoms with E-state index < -0.39 is 6.29 Å². The van der Waals surface area contributed by atoms with E-state index in [2.05, 4.69) is 0 Å². The molecule has 2 N–H and O–H groups in total. The maximum atomic E-state index is 8.85. The molecule has 0 saturated carbocycles. The predicted octanol–water partition coefficient (Wildman–Crippen LogP) is 1.41. The van der Waals surface area contributed by atoms with Crippen LogP contribution in [0.1, 0.15) is 12.5 Å². The third kappa shape index (κ3) is 2.87. The number of aliphatic hydroxyl groups excluding tert-OH is 1. The van der Waals surface area contributed by atoms with Crippen molar-refractivity contribution in [1.29, 1.82) is 0 Å². The zero-order chi connectivity index (χ0) is 10.6. The molecule has 76 valence electrons. The van der Waals surface area contributed by atoms with Crippen LogP contribution in [-0.4, -0.2) is 23.6 Å².